The van der Waals surface area contributed by atoms with Crippen molar-refractivity contribution in [3.8, 4) is 0 Å². The third-order valence-electron chi connectivity index (χ3n) is 2.91. The van der Waals surface area contributed by atoms with Crippen molar-refractivity contribution in [1.82, 2.24) is 0 Å². The molecule has 0 fully saturated rings. The smallest absolute Gasteiger partial charge is 0.282 e. The summed E-state index contributed by atoms with van der Waals surface area (Å²) in [7, 11) is -8.84. The van der Waals surface area contributed by atoms with Gasteiger partial charge in [0.1, 0.15) is 5.69 Å². The van der Waals surface area contributed by atoms with Gasteiger partial charge in [-0.15, -0.1) is 10.2 Å². The van der Waals surface area contributed by atoms with E-state index in [4.69, 9.17) is 32.3 Å². The SMILES string of the molecule is O=S(=O)(O)c1ccc(Cl)c(N=NC=NNc2cc(S(=O)(=O)O)ccc2Cl)c1.[Na].[Na]. The van der Waals surface area contributed by atoms with Crippen LogP contribution in [0.15, 0.2) is 61.5 Å². The first-order chi connectivity index (χ1) is 12.5. The van der Waals surface area contributed by atoms with Gasteiger partial charge in [0.25, 0.3) is 20.2 Å². The van der Waals surface area contributed by atoms with Gasteiger partial charge in [-0.3, -0.25) is 14.5 Å². The molecule has 0 saturated carbocycles. The molecule has 16 heteroatoms. The number of hydrogen-bond acceptors (Lipinski definition) is 7. The summed E-state index contributed by atoms with van der Waals surface area (Å²) in [4.78, 5) is -0.801. The molecular weight excluding hydrogens is 489 g/mol. The molecule has 2 radical (unpaired) electrons. The van der Waals surface area contributed by atoms with E-state index in [9.17, 15) is 16.8 Å². The minimum absolute atomic E-state index is 0. The number of nitrogens with zero attached hydrogens (tertiary/aromatic N) is 3. The maximum absolute atomic E-state index is 11.1. The molecule has 0 aromatic heterocycles. The molecule has 0 aliphatic rings. The average Bonchev–Trinajstić information content (AvgIpc) is 2.55. The summed E-state index contributed by atoms with van der Waals surface area (Å²) in [6.07, 6.45) is 0.910. The van der Waals surface area contributed by atoms with Crippen molar-refractivity contribution >= 4 is 120 Å². The van der Waals surface area contributed by atoms with Crippen LogP contribution in [0.25, 0.3) is 0 Å². The maximum Gasteiger partial charge on any atom is 0.294 e. The number of nitrogens with one attached hydrogen (secondary N) is 1. The second-order valence-electron chi connectivity index (χ2n) is 4.78. The van der Waals surface area contributed by atoms with Crippen LogP contribution in [0.4, 0.5) is 11.4 Å². The molecular formula is C13H10Cl2N4Na2O6S2. The van der Waals surface area contributed by atoms with Crippen LogP contribution >= 0.6 is 23.2 Å². The number of halogens is 2. The van der Waals surface area contributed by atoms with Crippen LogP contribution < -0.4 is 5.43 Å². The Bertz CT molecular complexity index is 1140. The molecule has 0 aliphatic carbocycles. The molecule has 0 spiro atoms. The predicted molar refractivity (Wildman–Crippen MR) is 111 cm³/mol. The second-order valence-corrected chi connectivity index (χ2v) is 8.43. The van der Waals surface area contributed by atoms with Crippen LogP contribution in [0, 0.1) is 0 Å². The summed E-state index contributed by atoms with van der Waals surface area (Å²) in [5.41, 5.74) is 2.44. The first kappa shape index (κ1) is 28.9. The first-order valence-corrected chi connectivity index (χ1v) is 10.3. The molecule has 0 unspecified atom stereocenters. The Labute approximate surface area is 220 Å². The van der Waals surface area contributed by atoms with Gasteiger partial charge in [0.05, 0.1) is 25.5 Å². The van der Waals surface area contributed by atoms with Gasteiger partial charge < -0.3 is 0 Å². The van der Waals surface area contributed by atoms with Crippen molar-refractivity contribution in [2.24, 2.45) is 15.3 Å². The summed E-state index contributed by atoms with van der Waals surface area (Å²) in [6.45, 7) is 0. The van der Waals surface area contributed by atoms with Gasteiger partial charge in [0, 0.05) is 59.1 Å². The van der Waals surface area contributed by atoms with Crippen LogP contribution in [0.2, 0.25) is 10.0 Å². The van der Waals surface area contributed by atoms with Gasteiger partial charge in [-0.1, -0.05) is 23.2 Å². The Morgan fingerprint density at radius 3 is 1.93 bits per heavy atom. The summed E-state index contributed by atoms with van der Waals surface area (Å²) in [5.74, 6) is 0. The fraction of sp³-hybridized carbons (Fsp3) is 0. The van der Waals surface area contributed by atoms with Crippen molar-refractivity contribution in [2.75, 3.05) is 5.43 Å². The minimum Gasteiger partial charge on any atom is -0.282 e. The number of hydrazone groups is 1. The van der Waals surface area contributed by atoms with E-state index in [2.05, 4.69) is 20.8 Å². The summed E-state index contributed by atoms with van der Waals surface area (Å²) in [6, 6.07) is 6.72. The van der Waals surface area contributed by atoms with Gasteiger partial charge in [-0.05, 0) is 36.4 Å². The van der Waals surface area contributed by atoms with E-state index >= 15 is 0 Å². The van der Waals surface area contributed by atoms with E-state index in [0.717, 1.165) is 30.6 Å². The zero-order chi connectivity index (χ0) is 20.2. The van der Waals surface area contributed by atoms with Crippen LogP contribution in [0.1, 0.15) is 0 Å². The molecule has 0 atom stereocenters. The monoisotopic (exact) mass is 498 g/mol. The quantitative estimate of drug-likeness (QED) is 0.138. The molecule has 0 amide bonds. The third kappa shape index (κ3) is 8.89. The minimum atomic E-state index is -4.42. The summed E-state index contributed by atoms with van der Waals surface area (Å²) < 4.78 is 62.4. The Kier molecular flexibility index (Phi) is 12.0. The third-order valence-corrected chi connectivity index (χ3v) is 5.26. The molecule has 2 rings (SSSR count). The Morgan fingerprint density at radius 2 is 1.38 bits per heavy atom. The van der Waals surface area contributed by atoms with Crippen molar-refractivity contribution in [3.63, 3.8) is 0 Å². The van der Waals surface area contributed by atoms with Gasteiger partial charge in [-0.2, -0.15) is 21.9 Å². The van der Waals surface area contributed by atoms with Crippen molar-refractivity contribution in [1.29, 1.82) is 0 Å². The van der Waals surface area contributed by atoms with E-state index in [1.54, 1.807) is 0 Å². The zero-order valence-electron chi connectivity index (χ0n) is 15.0. The number of azo groups is 1. The number of rotatable bonds is 6. The van der Waals surface area contributed by atoms with Gasteiger partial charge in [0.15, 0.2) is 6.34 Å². The Morgan fingerprint density at radius 1 is 0.862 bits per heavy atom. The van der Waals surface area contributed by atoms with E-state index in [0.29, 0.717) is 0 Å². The first-order valence-electron chi connectivity index (χ1n) is 6.71. The number of anilines is 1. The van der Waals surface area contributed by atoms with Gasteiger partial charge in [-0.25, -0.2) is 0 Å². The fourth-order valence-corrected chi connectivity index (χ4v) is 3.01. The van der Waals surface area contributed by atoms with Crippen molar-refractivity contribution in [3.05, 3.63) is 46.4 Å². The molecule has 146 valence electrons. The molecule has 10 nitrogen and oxygen atoms in total. The molecule has 2 aromatic carbocycles. The summed E-state index contributed by atoms with van der Waals surface area (Å²) >= 11 is 11.7. The zero-order valence-corrected chi connectivity index (χ0v) is 22.1. The predicted octanol–water partition coefficient (Wildman–Crippen LogP) is 2.86. The van der Waals surface area contributed by atoms with Crippen molar-refractivity contribution < 1.29 is 25.9 Å². The molecule has 3 N–H and O–H groups in total. The number of hydrogen-bond donors (Lipinski definition) is 3. The topological polar surface area (TPSA) is 158 Å². The largest absolute Gasteiger partial charge is 0.294 e. The molecule has 0 saturated heterocycles. The number of benzene rings is 2. The van der Waals surface area contributed by atoms with Crippen LogP contribution in [-0.4, -0.2) is 91.4 Å². The Balaban J connectivity index is 0.00000392. The summed E-state index contributed by atoms with van der Waals surface area (Å²) in [5, 5.41) is 11.0. The molecule has 0 bridgehead atoms. The van der Waals surface area contributed by atoms with E-state index in [1.807, 2.05) is 0 Å². The van der Waals surface area contributed by atoms with E-state index in [-0.39, 0.29) is 85.4 Å². The molecule has 0 aliphatic heterocycles. The average molecular weight is 499 g/mol. The van der Waals surface area contributed by atoms with E-state index in [1.165, 1.54) is 12.1 Å². The van der Waals surface area contributed by atoms with Crippen molar-refractivity contribution in [2.45, 2.75) is 9.79 Å². The maximum atomic E-state index is 11.1. The molecule has 2 aromatic rings. The standard InChI is InChI=1S/C13H10Cl2N4O6S2.2Na/c14-10-3-1-8(26(20,21)22)5-12(10)18-16-7-17-19-13-6-9(27(23,24)25)2-4-11(13)15;;/h1-7,18H,(H,20,21,22)(H,23,24,25);;. The van der Waals surface area contributed by atoms with Crippen LogP contribution in [0.5, 0.6) is 0 Å². The normalized spacial score (nSPS) is 11.9. The molecule has 0 heterocycles. The second kappa shape index (κ2) is 12.1. The van der Waals surface area contributed by atoms with Gasteiger partial charge in [0.2, 0.25) is 0 Å². The van der Waals surface area contributed by atoms with Crippen LogP contribution in [0.3, 0.4) is 0 Å². The fourth-order valence-electron chi connectivity index (χ4n) is 1.69. The van der Waals surface area contributed by atoms with Gasteiger partial charge >= 0.3 is 0 Å². The van der Waals surface area contributed by atoms with E-state index < -0.39 is 25.1 Å². The Hall–Kier alpha value is -0.0900. The van der Waals surface area contributed by atoms with Crippen LogP contribution in [-0.2, 0) is 20.2 Å². The molecule has 29 heavy (non-hydrogen) atoms.